The van der Waals surface area contributed by atoms with Crippen LogP contribution in [0.25, 0.3) is 0 Å². The van der Waals surface area contributed by atoms with Crippen molar-refractivity contribution in [3.05, 3.63) is 29.8 Å². The molecule has 1 atom stereocenters. The molecule has 7 nitrogen and oxygen atoms in total. The highest BCUT2D eigenvalue weighted by Crippen LogP contribution is 2.32. The number of Topliss-reactive ketones (excluding diaryl/α,β-unsaturated/α-hetero) is 1. The third-order valence-corrected chi connectivity index (χ3v) is 3.62. The zero-order valence-corrected chi connectivity index (χ0v) is 12.5. The van der Waals surface area contributed by atoms with E-state index in [-0.39, 0.29) is 13.0 Å². The molecule has 0 radical (unpaired) electrons. The van der Waals surface area contributed by atoms with Gasteiger partial charge in [0.05, 0.1) is 0 Å². The van der Waals surface area contributed by atoms with Crippen molar-refractivity contribution in [1.82, 2.24) is 5.32 Å². The van der Waals surface area contributed by atoms with E-state index in [0.29, 0.717) is 30.5 Å². The maximum Gasteiger partial charge on any atom is 0.288 e. The van der Waals surface area contributed by atoms with Crippen LogP contribution in [0.4, 0.5) is 5.69 Å². The fourth-order valence-corrected chi connectivity index (χ4v) is 2.46. The third kappa shape index (κ3) is 4.15. The van der Waals surface area contributed by atoms with E-state index in [9.17, 15) is 24.3 Å². The van der Waals surface area contributed by atoms with Crippen molar-refractivity contribution in [3.8, 4) is 0 Å². The van der Waals surface area contributed by atoms with Gasteiger partial charge in [-0.25, -0.2) is 0 Å². The van der Waals surface area contributed by atoms with E-state index < -0.39 is 29.5 Å². The number of carboxylic acid groups (broad SMARTS) is 1. The summed E-state index contributed by atoms with van der Waals surface area (Å²) in [6, 6.07) is 6.76. The topological polar surface area (TPSA) is 115 Å². The summed E-state index contributed by atoms with van der Waals surface area (Å²) in [5.41, 5.74) is 1.05. The number of benzene rings is 1. The average Bonchev–Trinajstić information content (AvgIpc) is 2.85. The molecule has 1 aliphatic rings. The molecule has 0 spiro atoms. The lowest BCUT2D eigenvalue weighted by Gasteiger charge is -2.08. The number of fused-ring (bicyclic) bond motifs is 1. The number of carbonyl (C=O) groups is 4. The van der Waals surface area contributed by atoms with Crippen LogP contribution in [0, 0.1) is 0 Å². The number of nitrogens with one attached hydrogen (secondary N) is 2. The molecule has 0 aromatic heterocycles. The second-order valence-electron chi connectivity index (χ2n) is 5.31. The van der Waals surface area contributed by atoms with Crippen LogP contribution in [0.15, 0.2) is 24.3 Å². The minimum Gasteiger partial charge on any atom is -0.550 e. The van der Waals surface area contributed by atoms with Gasteiger partial charge in [0.15, 0.2) is 0 Å². The molecular formula is C16H17N2O5-. The molecule has 2 rings (SSSR count). The fraction of sp³-hybridized carbons (Fsp3) is 0.375. The van der Waals surface area contributed by atoms with Crippen LogP contribution in [0.3, 0.4) is 0 Å². The van der Waals surface area contributed by atoms with Gasteiger partial charge in [-0.2, -0.15) is 0 Å². The molecule has 23 heavy (non-hydrogen) atoms. The summed E-state index contributed by atoms with van der Waals surface area (Å²) in [7, 11) is 0. The Balaban J connectivity index is 1.82. The van der Waals surface area contributed by atoms with E-state index in [1.807, 2.05) is 0 Å². The second-order valence-corrected chi connectivity index (χ2v) is 5.31. The molecule has 0 saturated heterocycles. The fourth-order valence-electron chi connectivity index (χ4n) is 2.46. The number of anilines is 1. The van der Waals surface area contributed by atoms with Gasteiger partial charge in [0.1, 0.15) is 5.92 Å². The van der Waals surface area contributed by atoms with Gasteiger partial charge in [-0.15, -0.1) is 0 Å². The standard InChI is InChI=1S/C16H18N2O5/c19-12(20)8-2-1-5-9-17-16(23)14(21)13-10-6-3-4-7-11(10)18-15(13)22/h3-4,6-7,13H,1-2,5,8-9H2,(H,17,23)(H,18,22)(H,19,20)/p-1/t13-/m1/s1. The summed E-state index contributed by atoms with van der Waals surface area (Å²) in [6.07, 6.45) is 1.60. The predicted octanol–water partition coefficient (Wildman–Crippen LogP) is -0.282. The average molecular weight is 317 g/mol. The van der Waals surface area contributed by atoms with Crippen LogP contribution in [0.2, 0.25) is 0 Å². The number of hydrogen-bond donors (Lipinski definition) is 2. The van der Waals surface area contributed by atoms with Gasteiger partial charge < -0.3 is 20.5 Å². The summed E-state index contributed by atoms with van der Waals surface area (Å²) in [6.45, 7) is 0.258. The van der Waals surface area contributed by atoms with Crippen LogP contribution in [0.1, 0.15) is 37.2 Å². The number of carboxylic acids is 1. The molecule has 2 amide bonds. The van der Waals surface area contributed by atoms with E-state index in [1.165, 1.54) is 0 Å². The summed E-state index contributed by atoms with van der Waals surface area (Å²) in [4.78, 5) is 46.2. The second kappa shape index (κ2) is 7.53. The highest BCUT2D eigenvalue weighted by molar-refractivity contribution is 6.44. The number of amides is 2. The van der Waals surface area contributed by atoms with Crippen molar-refractivity contribution in [2.24, 2.45) is 0 Å². The van der Waals surface area contributed by atoms with Gasteiger partial charge in [-0.3, -0.25) is 14.4 Å². The number of unbranched alkanes of at least 4 members (excludes halogenated alkanes) is 2. The third-order valence-electron chi connectivity index (χ3n) is 3.62. The lowest BCUT2D eigenvalue weighted by Crippen LogP contribution is -2.37. The van der Waals surface area contributed by atoms with Crippen LogP contribution >= 0.6 is 0 Å². The van der Waals surface area contributed by atoms with E-state index in [1.54, 1.807) is 24.3 Å². The molecule has 1 aromatic rings. The van der Waals surface area contributed by atoms with E-state index >= 15 is 0 Å². The number of carbonyl (C=O) groups excluding carboxylic acids is 4. The normalized spacial score (nSPS) is 15.7. The molecule has 7 heteroatoms. The Kier molecular flexibility index (Phi) is 5.46. The summed E-state index contributed by atoms with van der Waals surface area (Å²) < 4.78 is 0. The number of para-hydroxylation sites is 1. The molecule has 0 unspecified atom stereocenters. The van der Waals surface area contributed by atoms with Crippen molar-refractivity contribution in [2.75, 3.05) is 11.9 Å². The molecule has 0 fully saturated rings. The van der Waals surface area contributed by atoms with Crippen LogP contribution < -0.4 is 15.7 Å². The largest absolute Gasteiger partial charge is 0.550 e. The van der Waals surface area contributed by atoms with Crippen molar-refractivity contribution >= 4 is 29.3 Å². The zero-order chi connectivity index (χ0) is 16.8. The Bertz CT molecular complexity index is 641. The monoisotopic (exact) mass is 317 g/mol. The molecule has 1 aliphatic heterocycles. The Morgan fingerprint density at radius 1 is 1.13 bits per heavy atom. The molecule has 0 bridgehead atoms. The Labute approximate surface area is 133 Å². The van der Waals surface area contributed by atoms with Gasteiger partial charge in [0.25, 0.3) is 5.91 Å². The van der Waals surface area contributed by atoms with Gasteiger partial charge in [0.2, 0.25) is 11.7 Å². The highest BCUT2D eigenvalue weighted by atomic mass is 16.4. The van der Waals surface area contributed by atoms with Gasteiger partial charge in [0, 0.05) is 18.2 Å². The summed E-state index contributed by atoms with van der Waals surface area (Å²) in [5, 5.41) is 15.3. The smallest absolute Gasteiger partial charge is 0.288 e. The number of rotatable bonds is 8. The van der Waals surface area contributed by atoms with Crippen molar-refractivity contribution in [1.29, 1.82) is 0 Å². The van der Waals surface area contributed by atoms with Gasteiger partial charge >= 0.3 is 0 Å². The van der Waals surface area contributed by atoms with Crippen LogP contribution in [0.5, 0.6) is 0 Å². The highest BCUT2D eigenvalue weighted by Gasteiger charge is 2.39. The molecule has 122 valence electrons. The molecular weight excluding hydrogens is 300 g/mol. The Hall–Kier alpha value is -2.70. The molecule has 1 aromatic carbocycles. The van der Waals surface area contributed by atoms with Crippen LogP contribution in [-0.4, -0.2) is 30.1 Å². The maximum absolute atomic E-state index is 12.2. The SMILES string of the molecule is O=C([O-])CCCCCNC(=O)C(=O)[C@@H]1C(=O)Nc2ccccc21. The first-order valence-electron chi connectivity index (χ1n) is 7.42. The zero-order valence-electron chi connectivity index (χ0n) is 12.5. The maximum atomic E-state index is 12.2. The van der Waals surface area contributed by atoms with Crippen molar-refractivity contribution < 1.29 is 24.3 Å². The number of ketones is 1. The van der Waals surface area contributed by atoms with Crippen LogP contribution in [-0.2, 0) is 19.2 Å². The minimum atomic E-state index is -1.11. The van der Waals surface area contributed by atoms with Gasteiger partial charge in [-0.05, 0) is 30.9 Å². The molecule has 0 saturated carbocycles. The number of hydrogen-bond acceptors (Lipinski definition) is 5. The number of aliphatic carboxylic acids is 1. The van der Waals surface area contributed by atoms with E-state index in [4.69, 9.17) is 0 Å². The quantitative estimate of drug-likeness (QED) is 0.388. The Morgan fingerprint density at radius 3 is 2.61 bits per heavy atom. The molecule has 2 N–H and O–H groups in total. The molecule has 0 aliphatic carbocycles. The first-order valence-corrected chi connectivity index (χ1v) is 7.42. The predicted molar refractivity (Wildman–Crippen MR) is 79.3 cm³/mol. The minimum absolute atomic E-state index is 0.0219. The van der Waals surface area contributed by atoms with E-state index in [2.05, 4.69) is 10.6 Å². The Morgan fingerprint density at radius 2 is 1.87 bits per heavy atom. The van der Waals surface area contributed by atoms with Crippen molar-refractivity contribution in [2.45, 2.75) is 31.6 Å². The van der Waals surface area contributed by atoms with E-state index in [0.717, 1.165) is 0 Å². The lowest BCUT2D eigenvalue weighted by molar-refractivity contribution is -0.305. The molecule has 1 heterocycles. The first-order chi connectivity index (χ1) is 11.0. The van der Waals surface area contributed by atoms with Crippen molar-refractivity contribution in [3.63, 3.8) is 0 Å². The summed E-state index contributed by atoms with van der Waals surface area (Å²) >= 11 is 0. The first kappa shape index (κ1) is 16.7. The van der Waals surface area contributed by atoms with Gasteiger partial charge in [-0.1, -0.05) is 24.6 Å². The summed E-state index contributed by atoms with van der Waals surface area (Å²) in [5.74, 6) is -4.30. The lowest BCUT2D eigenvalue weighted by atomic mass is 9.95.